The van der Waals surface area contributed by atoms with E-state index in [2.05, 4.69) is 5.32 Å². The lowest BCUT2D eigenvalue weighted by Crippen LogP contribution is -2.18. The van der Waals surface area contributed by atoms with Crippen molar-refractivity contribution >= 4 is 28.4 Å². The molecule has 3 rings (SSSR count). The number of anilines is 1. The Labute approximate surface area is 117 Å². The average Bonchev–Trinajstić information content (AvgIpc) is 2.91. The van der Waals surface area contributed by atoms with Crippen LogP contribution in [0.3, 0.4) is 0 Å². The number of carbonyl (C=O) groups is 1. The van der Waals surface area contributed by atoms with Crippen LogP contribution in [-0.4, -0.2) is 16.2 Å². The largest absolute Gasteiger partial charge is 0.322 e. The molecule has 0 saturated heterocycles. The predicted molar refractivity (Wildman–Crippen MR) is 79.8 cm³/mol. The van der Waals surface area contributed by atoms with E-state index in [9.17, 15) is 4.79 Å². The van der Waals surface area contributed by atoms with Gasteiger partial charge in [-0.1, -0.05) is 30.0 Å². The summed E-state index contributed by atoms with van der Waals surface area (Å²) in [6, 6.07) is 7.73. The summed E-state index contributed by atoms with van der Waals surface area (Å²) in [6.45, 7) is 1.97. The number of para-hydroxylation sites is 1. The zero-order chi connectivity index (χ0) is 13.4. The van der Waals surface area contributed by atoms with Crippen molar-refractivity contribution in [3.8, 4) is 0 Å². The molecule has 1 aromatic carbocycles. The summed E-state index contributed by atoms with van der Waals surface area (Å²) >= 11 is 1.54. The topological polar surface area (TPSA) is 53.0 Å². The quantitative estimate of drug-likeness (QED) is 0.865. The summed E-state index contributed by atoms with van der Waals surface area (Å²) < 4.78 is 0. The number of carbonyl (C=O) groups excluding carboxylic acids is 1. The molecule has 98 valence electrons. The standard InChI is InChI=1S/C15H16N2OS/c1-9-5-2-3-7-11(9)17-15(18)13-10-6-4-8-12(10)19-14(13)16/h2-3,5,7,12,16H,4,6,8H2,1H3,(H,17,18). The van der Waals surface area contributed by atoms with Crippen LogP contribution < -0.4 is 5.32 Å². The van der Waals surface area contributed by atoms with Crippen molar-refractivity contribution in [1.82, 2.24) is 0 Å². The first-order valence-electron chi connectivity index (χ1n) is 6.52. The molecule has 0 radical (unpaired) electrons. The van der Waals surface area contributed by atoms with Crippen LogP contribution in [-0.2, 0) is 4.79 Å². The number of thioether (sulfide) groups is 1. The number of fused-ring (bicyclic) bond motifs is 1. The third-order valence-electron chi connectivity index (χ3n) is 3.73. The minimum absolute atomic E-state index is 0.119. The van der Waals surface area contributed by atoms with Gasteiger partial charge in [0.15, 0.2) is 0 Å². The molecular formula is C15H16N2OS. The summed E-state index contributed by atoms with van der Waals surface area (Å²) in [5.41, 5.74) is 3.68. The zero-order valence-electron chi connectivity index (χ0n) is 10.8. The van der Waals surface area contributed by atoms with Gasteiger partial charge in [-0.2, -0.15) is 0 Å². The van der Waals surface area contributed by atoms with Crippen molar-refractivity contribution < 1.29 is 4.79 Å². The van der Waals surface area contributed by atoms with Gasteiger partial charge in [0.2, 0.25) is 0 Å². The number of benzene rings is 1. The van der Waals surface area contributed by atoms with E-state index in [4.69, 9.17) is 5.41 Å². The lowest BCUT2D eigenvalue weighted by atomic mass is 10.1. The molecule has 19 heavy (non-hydrogen) atoms. The summed E-state index contributed by atoms with van der Waals surface area (Å²) in [4.78, 5) is 12.4. The molecule has 1 saturated carbocycles. The predicted octanol–water partition coefficient (Wildman–Crippen LogP) is 3.51. The number of aryl methyl sites for hydroxylation is 1. The average molecular weight is 272 g/mol. The first-order valence-corrected chi connectivity index (χ1v) is 7.40. The van der Waals surface area contributed by atoms with Crippen molar-refractivity contribution in [3.63, 3.8) is 0 Å². The van der Waals surface area contributed by atoms with Gasteiger partial charge < -0.3 is 5.32 Å². The molecule has 1 heterocycles. The van der Waals surface area contributed by atoms with E-state index < -0.39 is 0 Å². The van der Waals surface area contributed by atoms with Crippen LogP contribution in [0, 0.1) is 12.3 Å². The van der Waals surface area contributed by atoms with E-state index >= 15 is 0 Å². The smallest absolute Gasteiger partial charge is 0.258 e. The van der Waals surface area contributed by atoms with Crippen LogP contribution in [0.25, 0.3) is 0 Å². The summed E-state index contributed by atoms with van der Waals surface area (Å²) in [5, 5.41) is 11.8. The Hall–Kier alpha value is -1.55. The molecule has 0 aromatic heterocycles. The van der Waals surface area contributed by atoms with Gasteiger partial charge in [0.1, 0.15) is 5.04 Å². The molecule has 2 N–H and O–H groups in total. The molecule has 1 aliphatic heterocycles. The molecule has 4 heteroatoms. The van der Waals surface area contributed by atoms with Gasteiger partial charge in [-0.05, 0) is 43.4 Å². The summed E-state index contributed by atoms with van der Waals surface area (Å²) in [5.74, 6) is -0.119. The minimum atomic E-state index is -0.119. The van der Waals surface area contributed by atoms with Gasteiger partial charge >= 0.3 is 0 Å². The normalized spacial score (nSPS) is 21.7. The third-order valence-corrected chi connectivity index (χ3v) is 4.97. The Kier molecular flexibility index (Phi) is 3.19. The number of amides is 1. The summed E-state index contributed by atoms with van der Waals surface area (Å²) in [6.07, 6.45) is 3.21. The van der Waals surface area contributed by atoms with E-state index in [-0.39, 0.29) is 5.91 Å². The van der Waals surface area contributed by atoms with Crippen molar-refractivity contribution in [2.45, 2.75) is 31.4 Å². The van der Waals surface area contributed by atoms with E-state index in [1.165, 1.54) is 17.3 Å². The second kappa shape index (κ2) is 4.85. The van der Waals surface area contributed by atoms with Crippen LogP contribution in [0.2, 0.25) is 0 Å². The molecular weight excluding hydrogens is 256 g/mol. The minimum Gasteiger partial charge on any atom is -0.322 e. The van der Waals surface area contributed by atoms with E-state index in [0.717, 1.165) is 30.5 Å². The van der Waals surface area contributed by atoms with E-state index in [0.29, 0.717) is 15.9 Å². The molecule has 1 aromatic rings. The highest BCUT2D eigenvalue weighted by molar-refractivity contribution is 8.15. The fourth-order valence-corrected chi connectivity index (χ4v) is 4.01. The number of hydrogen-bond acceptors (Lipinski definition) is 3. The molecule has 1 amide bonds. The SMILES string of the molecule is Cc1ccccc1NC(=O)C1=C2CCCC2SC1=N. The van der Waals surface area contributed by atoms with Crippen molar-refractivity contribution in [1.29, 1.82) is 5.41 Å². The number of rotatable bonds is 2. The van der Waals surface area contributed by atoms with Crippen molar-refractivity contribution in [2.24, 2.45) is 0 Å². The monoisotopic (exact) mass is 272 g/mol. The first kappa shape index (κ1) is 12.5. The van der Waals surface area contributed by atoms with Crippen molar-refractivity contribution in [3.05, 3.63) is 41.0 Å². The van der Waals surface area contributed by atoms with Crippen molar-refractivity contribution in [2.75, 3.05) is 5.32 Å². The third kappa shape index (κ3) is 2.21. The molecule has 2 aliphatic rings. The van der Waals surface area contributed by atoms with Crippen LogP contribution in [0.4, 0.5) is 5.69 Å². The highest BCUT2D eigenvalue weighted by Gasteiger charge is 2.36. The molecule has 1 fully saturated rings. The fraction of sp³-hybridized carbons (Fsp3) is 0.333. The Morgan fingerprint density at radius 1 is 1.42 bits per heavy atom. The number of hydrogen-bond donors (Lipinski definition) is 2. The molecule has 1 aliphatic carbocycles. The lowest BCUT2D eigenvalue weighted by molar-refractivity contribution is -0.112. The van der Waals surface area contributed by atoms with Gasteiger partial charge in [0.25, 0.3) is 5.91 Å². The Bertz CT molecular complexity index is 592. The van der Waals surface area contributed by atoms with Gasteiger partial charge in [-0.15, -0.1) is 0 Å². The van der Waals surface area contributed by atoms with Crippen LogP contribution >= 0.6 is 11.8 Å². The molecule has 0 spiro atoms. The Morgan fingerprint density at radius 2 is 2.21 bits per heavy atom. The number of nitrogens with one attached hydrogen (secondary N) is 2. The molecule has 0 bridgehead atoms. The second-order valence-electron chi connectivity index (χ2n) is 5.00. The van der Waals surface area contributed by atoms with Crippen LogP contribution in [0.5, 0.6) is 0 Å². The van der Waals surface area contributed by atoms with Gasteiger partial charge in [0.05, 0.1) is 5.57 Å². The summed E-state index contributed by atoms with van der Waals surface area (Å²) in [7, 11) is 0. The Morgan fingerprint density at radius 3 is 3.00 bits per heavy atom. The van der Waals surface area contributed by atoms with Crippen LogP contribution in [0.15, 0.2) is 35.4 Å². The van der Waals surface area contributed by atoms with E-state index in [1.54, 1.807) is 0 Å². The maximum Gasteiger partial charge on any atom is 0.258 e. The zero-order valence-corrected chi connectivity index (χ0v) is 11.6. The molecule has 3 nitrogen and oxygen atoms in total. The maximum atomic E-state index is 12.4. The fourth-order valence-electron chi connectivity index (χ4n) is 2.72. The maximum absolute atomic E-state index is 12.4. The van der Waals surface area contributed by atoms with Gasteiger partial charge in [-0.3, -0.25) is 10.2 Å². The lowest BCUT2D eigenvalue weighted by Gasteiger charge is -2.09. The van der Waals surface area contributed by atoms with Crippen LogP contribution in [0.1, 0.15) is 24.8 Å². The molecule has 1 unspecified atom stereocenters. The second-order valence-corrected chi connectivity index (χ2v) is 6.21. The highest BCUT2D eigenvalue weighted by atomic mass is 32.2. The Balaban J connectivity index is 1.87. The van der Waals surface area contributed by atoms with Gasteiger partial charge in [0, 0.05) is 10.9 Å². The highest BCUT2D eigenvalue weighted by Crippen LogP contribution is 2.44. The van der Waals surface area contributed by atoms with E-state index in [1.807, 2.05) is 31.2 Å². The van der Waals surface area contributed by atoms with Gasteiger partial charge in [-0.25, -0.2) is 0 Å². The first-order chi connectivity index (χ1) is 9.16. The molecule has 1 atom stereocenters.